The first-order valence-electron chi connectivity index (χ1n) is 7.83. The molecule has 0 atom stereocenters. The highest BCUT2D eigenvalue weighted by Crippen LogP contribution is 2.27. The molecule has 0 N–H and O–H groups in total. The number of hydrogen-bond donors (Lipinski definition) is 0. The Bertz CT molecular complexity index is 575. The topological polar surface area (TPSA) is 23.6 Å². The van der Waals surface area contributed by atoms with Crippen molar-refractivity contribution in [3.05, 3.63) is 35.1 Å². The maximum absolute atomic E-state index is 14.3. The minimum absolute atomic E-state index is 0.0857. The summed E-state index contributed by atoms with van der Waals surface area (Å²) in [5.74, 6) is -0.386. The van der Waals surface area contributed by atoms with Crippen molar-refractivity contribution in [1.82, 2.24) is 9.80 Å². The average Bonchev–Trinajstić information content (AvgIpc) is 2.35. The Balaban J connectivity index is 2.29. The molecule has 1 aromatic carbocycles. The Morgan fingerprint density at radius 2 is 1.86 bits per heavy atom. The van der Waals surface area contributed by atoms with Crippen LogP contribution in [0.3, 0.4) is 0 Å². The maximum Gasteiger partial charge on any atom is 0.254 e. The van der Waals surface area contributed by atoms with Gasteiger partial charge < -0.3 is 9.80 Å². The second-order valence-corrected chi connectivity index (χ2v) is 7.95. The zero-order valence-electron chi connectivity index (χ0n) is 14.5. The van der Waals surface area contributed by atoms with Crippen molar-refractivity contribution in [2.45, 2.75) is 45.6 Å². The van der Waals surface area contributed by atoms with Crippen LogP contribution in [0, 0.1) is 5.82 Å². The van der Waals surface area contributed by atoms with Gasteiger partial charge in [0.15, 0.2) is 0 Å². The average molecular weight is 306 g/mol. The van der Waals surface area contributed by atoms with Crippen LogP contribution in [0.25, 0.3) is 0 Å². The second kappa shape index (κ2) is 5.65. The molecular formula is C18H27FN2O. The Morgan fingerprint density at radius 3 is 2.36 bits per heavy atom. The van der Waals surface area contributed by atoms with Gasteiger partial charge in [0.1, 0.15) is 5.82 Å². The Morgan fingerprint density at radius 1 is 1.23 bits per heavy atom. The quantitative estimate of drug-likeness (QED) is 0.795. The van der Waals surface area contributed by atoms with E-state index >= 15 is 0 Å². The van der Waals surface area contributed by atoms with Gasteiger partial charge >= 0.3 is 0 Å². The molecule has 22 heavy (non-hydrogen) atoms. The molecule has 1 aromatic rings. The number of hydrogen-bond acceptors (Lipinski definition) is 2. The van der Waals surface area contributed by atoms with Gasteiger partial charge in [-0.1, -0.05) is 26.8 Å². The fourth-order valence-corrected chi connectivity index (χ4v) is 3.19. The number of amides is 1. The van der Waals surface area contributed by atoms with E-state index in [1.54, 1.807) is 12.1 Å². The Hall–Kier alpha value is -1.42. The van der Waals surface area contributed by atoms with Gasteiger partial charge in [-0.25, -0.2) is 4.39 Å². The number of likely N-dealkylation sites (N-methyl/N-ethyl adjacent to an activating group) is 1. The molecular weight excluding hydrogens is 279 g/mol. The molecule has 1 aliphatic rings. The number of carbonyl (C=O) groups is 1. The van der Waals surface area contributed by atoms with Crippen LogP contribution in [0.4, 0.5) is 4.39 Å². The molecule has 1 fully saturated rings. The van der Waals surface area contributed by atoms with E-state index in [-0.39, 0.29) is 22.7 Å². The van der Waals surface area contributed by atoms with Crippen molar-refractivity contribution in [2.75, 3.05) is 26.7 Å². The molecule has 1 aliphatic heterocycles. The van der Waals surface area contributed by atoms with Gasteiger partial charge in [-0.3, -0.25) is 4.79 Å². The number of halogens is 1. The summed E-state index contributed by atoms with van der Waals surface area (Å²) in [6.07, 6.45) is 0. The molecule has 0 spiro atoms. The molecule has 2 rings (SSSR count). The molecule has 0 unspecified atom stereocenters. The first-order chi connectivity index (χ1) is 10.0. The zero-order chi connectivity index (χ0) is 16.7. The summed E-state index contributed by atoms with van der Waals surface area (Å²) in [6.45, 7) is 12.4. The molecule has 0 bridgehead atoms. The van der Waals surface area contributed by atoms with Gasteiger partial charge in [0.2, 0.25) is 0 Å². The fraction of sp³-hybridized carbons (Fsp3) is 0.611. The van der Waals surface area contributed by atoms with Crippen LogP contribution >= 0.6 is 0 Å². The first kappa shape index (κ1) is 16.9. The van der Waals surface area contributed by atoms with E-state index in [0.717, 1.165) is 13.1 Å². The fourth-order valence-electron chi connectivity index (χ4n) is 3.19. The predicted octanol–water partition coefficient (Wildman–Crippen LogP) is 3.29. The van der Waals surface area contributed by atoms with E-state index in [2.05, 4.69) is 25.8 Å². The Kier molecular flexibility index (Phi) is 4.35. The molecule has 1 saturated heterocycles. The molecule has 122 valence electrons. The van der Waals surface area contributed by atoms with E-state index in [0.29, 0.717) is 17.7 Å². The summed E-state index contributed by atoms with van der Waals surface area (Å²) in [7, 11) is 2.06. The number of rotatable bonds is 1. The number of benzene rings is 1. The summed E-state index contributed by atoms with van der Waals surface area (Å²) in [4.78, 5) is 16.9. The van der Waals surface area contributed by atoms with Gasteiger partial charge in [-0.2, -0.15) is 0 Å². The van der Waals surface area contributed by atoms with Crippen LogP contribution in [0.5, 0.6) is 0 Å². The largest absolute Gasteiger partial charge is 0.331 e. The lowest BCUT2D eigenvalue weighted by molar-refractivity contribution is 0.0248. The Labute approximate surface area is 133 Å². The summed E-state index contributed by atoms with van der Waals surface area (Å²) in [6, 6.07) is 4.88. The molecule has 0 saturated carbocycles. The standard InChI is InChI=1S/C18H27FN2O/c1-17(2,3)14-8-7-13(11-15(14)19)16(22)21-10-9-20(6)12-18(21,4)5/h7-8,11H,9-10,12H2,1-6H3. The van der Waals surface area contributed by atoms with Gasteiger partial charge in [-0.05, 0) is 44.0 Å². The summed E-state index contributed by atoms with van der Waals surface area (Å²) in [5, 5.41) is 0. The summed E-state index contributed by atoms with van der Waals surface area (Å²) < 4.78 is 14.3. The van der Waals surface area contributed by atoms with Crippen LogP contribution in [-0.2, 0) is 5.41 Å². The predicted molar refractivity (Wildman–Crippen MR) is 87.7 cm³/mol. The van der Waals surface area contributed by atoms with E-state index < -0.39 is 0 Å². The van der Waals surface area contributed by atoms with Crippen LogP contribution in [0.1, 0.15) is 50.5 Å². The van der Waals surface area contributed by atoms with E-state index in [1.807, 2.05) is 25.7 Å². The molecule has 1 amide bonds. The number of piperazine rings is 1. The lowest BCUT2D eigenvalue weighted by Gasteiger charge is -2.46. The highest BCUT2D eigenvalue weighted by atomic mass is 19.1. The SMILES string of the molecule is CN1CCN(C(=O)c2ccc(C(C)(C)C)c(F)c2)C(C)(C)C1. The molecule has 0 aromatic heterocycles. The molecule has 3 nitrogen and oxygen atoms in total. The minimum atomic E-state index is -0.301. The van der Waals surface area contributed by atoms with Crippen molar-refractivity contribution >= 4 is 5.91 Å². The molecule has 0 aliphatic carbocycles. The van der Waals surface area contributed by atoms with Crippen molar-refractivity contribution in [1.29, 1.82) is 0 Å². The number of nitrogens with zero attached hydrogens (tertiary/aromatic N) is 2. The van der Waals surface area contributed by atoms with Crippen molar-refractivity contribution in [3.8, 4) is 0 Å². The normalized spacial score (nSPS) is 19.3. The van der Waals surface area contributed by atoms with Crippen molar-refractivity contribution in [3.63, 3.8) is 0 Å². The summed E-state index contributed by atoms with van der Waals surface area (Å²) in [5.41, 5.74) is 0.562. The monoisotopic (exact) mass is 306 g/mol. The first-order valence-corrected chi connectivity index (χ1v) is 7.83. The third-order valence-electron chi connectivity index (χ3n) is 4.36. The van der Waals surface area contributed by atoms with Crippen molar-refractivity contribution in [2.24, 2.45) is 0 Å². The van der Waals surface area contributed by atoms with Crippen LogP contribution in [-0.4, -0.2) is 47.9 Å². The highest BCUT2D eigenvalue weighted by Gasteiger charge is 2.36. The highest BCUT2D eigenvalue weighted by molar-refractivity contribution is 5.95. The maximum atomic E-state index is 14.3. The van der Waals surface area contributed by atoms with Crippen molar-refractivity contribution < 1.29 is 9.18 Å². The van der Waals surface area contributed by atoms with E-state index in [1.165, 1.54) is 6.07 Å². The molecule has 0 radical (unpaired) electrons. The third kappa shape index (κ3) is 3.32. The number of carbonyl (C=O) groups excluding carboxylic acids is 1. The van der Waals surface area contributed by atoms with Gasteiger partial charge in [-0.15, -0.1) is 0 Å². The van der Waals surface area contributed by atoms with E-state index in [9.17, 15) is 9.18 Å². The second-order valence-electron chi connectivity index (χ2n) is 7.95. The smallest absolute Gasteiger partial charge is 0.254 e. The zero-order valence-corrected chi connectivity index (χ0v) is 14.5. The van der Waals surface area contributed by atoms with Crippen LogP contribution < -0.4 is 0 Å². The van der Waals surface area contributed by atoms with Gasteiger partial charge in [0.05, 0.1) is 5.54 Å². The molecule has 4 heteroatoms. The summed E-state index contributed by atoms with van der Waals surface area (Å²) >= 11 is 0. The minimum Gasteiger partial charge on any atom is -0.331 e. The van der Waals surface area contributed by atoms with Crippen LogP contribution in [0.2, 0.25) is 0 Å². The van der Waals surface area contributed by atoms with Gasteiger partial charge in [0, 0.05) is 25.2 Å². The van der Waals surface area contributed by atoms with Gasteiger partial charge in [0.25, 0.3) is 5.91 Å². The van der Waals surface area contributed by atoms with E-state index in [4.69, 9.17) is 0 Å². The lowest BCUT2D eigenvalue weighted by Crippen LogP contribution is -2.60. The van der Waals surface area contributed by atoms with Crippen LogP contribution in [0.15, 0.2) is 18.2 Å². The molecule has 1 heterocycles. The lowest BCUT2D eigenvalue weighted by atomic mass is 9.86. The third-order valence-corrected chi connectivity index (χ3v) is 4.36.